The lowest BCUT2D eigenvalue weighted by molar-refractivity contribution is 0.0697. The molecule has 2 rings (SSSR count). The number of rotatable bonds is 6. The molecule has 0 saturated carbocycles. The summed E-state index contributed by atoms with van der Waals surface area (Å²) in [5.41, 5.74) is 1.17. The van der Waals surface area contributed by atoms with Gasteiger partial charge < -0.3 is 15.2 Å². The molecular formula is C15H15ClN2O3. The van der Waals surface area contributed by atoms with Gasteiger partial charge in [0.25, 0.3) is 0 Å². The average Bonchev–Trinajstić information content (AvgIpc) is 2.49. The van der Waals surface area contributed by atoms with Crippen molar-refractivity contribution >= 4 is 23.4 Å². The van der Waals surface area contributed by atoms with Gasteiger partial charge in [-0.05, 0) is 30.2 Å². The van der Waals surface area contributed by atoms with E-state index in [0.29, 0.717) is 12.4 Å². The molecule has 0 saturated heterocycles. The summed E-state index contributed by atoms with van der Waals surface area (Å²) in [4.78, 5) is 15.0. The van der Waals surface area contributed by atoms with Crippen LogP contribution in [-0.4, -0.2) is 29.7 Å². The molecule has 0 unspecified atom stereocenters. The molecule has 0 amide bonds. The molecule has 2 aromatic rings. The van der Waals surface area contributed by atoms with Crippen molar-refractivity contribution < 1.29 is 14.6 Å². The summed E-state index contributed by atoms with van der Waals surface area (Å²) in [5.74, 6) is 0.122. The Balaban J connectivity index is 1.97. The summed E-state index contributed by atoms with van der Waals surface area (Å²) in [7, 11) is 1.62. The van der Waals surface area contributed by atoms with Crippen LogP contribution in [0.25, 0.3) is 0 Å². The summed E-state index contributed by atoms with van der Waals surface area (Å²) in [6, 6.07) is 9.11. The number of hydrogen-bond donors (Lipinski definition) is 2. The van der Waals surface area contributed by atoms with Crippen molar-refractivity contribution in [3.8, 4) is 5.75 Å². The summed E-state index contributed by atoms with van der Waals surface area (Å²) >= 11 is 6.00. The summed E-state index contributed by atoms with van der Waals surface area (Å²) in [5, 5.41) is 12.2. The van der Waals surface area contributed by atoms with Crippen molar-refractivity contribution in [2.45, 2.75) is 6.42 Å². The first-order valence-electron chi connectivity index (χ1n) is 6.36. The molecule has 0 bridgehead atoms. The van der Waals surface area contributed by atoms with Crippen molar-refractivity contribution in [1.82, 2.24) is 4.98 Å². The number of anilines is 1. The van der Waals surface area contributed by atoms with Crippen molar-refractivity contribution in [2.24, 2.45) is 0 Å². The number of pyridine rings is 1. The van der Waals surface area contributed by atoms with Gasteiger partial charge in [-0.2, -0.15) is 0 Å². The number of carboxylic acids is 1. The number of hydrogen-bond acceptors (Lipinski definition) is 4. The Morgan fingerprint density at radius 3 is 2.67 bits per heavy atom. The monoisotopic (exact) mass is 306 g/mol. The summed E-state index contributed by atoms with van der Waals surface area (Å²) < 4.78 is 5.10. The van der Waals surface area contributed by atoms with Crippen molar-refractivity contribution in [1.29, 1.82) is 0 Å². The number of methoxy groups -OCH3 is 1. The van der Waals surface area contributed by atoms with Gasteiger partial charge in [0.15, 0.2) is 0 Å². The quantitative estimate of drug-likeness (QED) is 0.858. The molecule has 5 nitrogen and oxygen atoms in total. The molecule has 21 heavy (non-hydrogen) atoms. The van der Waals surface area contributed by atoms with Gasteiger partial charge in [-0.25, -0.2) is 9.78 Å². The Kier molecular flexibility index (Phi) is 5.00. The topological polar surface area (TPSA) is 71.5 Å². The molecule has 0 radical (unpaired) electrons. The van der Waals surface area contributed by atoms with Crippen LogP contribution >= 0.6 is 11.6 Å². The highest BCUT2D eigenvalue weighted by Gasteiger charge is 2.12. The Labute approximate surface area is 127 Å². The minimum Gasteiger partial charge on any atom is -0.497 e. The van der Waals surface area contributed by atoms with Crippen LogP contribution in [0.1, 0.15) is 15.9 Å². The largest absolute Gasteiger partial charge is 0.497 e. The second-order valence-electron chi connectivity index (χ2n) is 4.35. The fraction of sp³-hybridized carbons (Fsp3) is 0.200. The number of carboxylic acid groups (broad SMARTS) is 1. The van der Waals surface area contributed by atoms with Crippen LogP contribution in [0.5, 0.6) is 5.75 Å². The molecule has 1 heterocycles. The number of benzene rings is 1. The lowest BCUT2D eigenvalue weighted by Gasteiger charge is -2.09. The van der Waals surface area contributed by atoms with E-state index in [0.717, 1.165) is 17.7 Å². The van der Waals surface area contributed by atoms with Crippen LogP contribution in [0.15, 0.2) is 36.5 Å². The van der Waals surface area contributed by atoms with E-state index in [1.54, 1.807) is 7.11 Å². The minimum atomic E-state index is -1.07. The van der Waals surface area contributed by atoms with E-state index in [2.05, 4.69) is 10.3 Å². The fourth-order valence-electron chi connectivity index (χ4n) is 1.85. The molecule has 0 aliphatic carbocycles. The molecule has 0 aliphatic rings. The van der Waals surface area contributed by atoms with Crippen LogP contribution in [0.3, 0.4) is 0 Å². The predicted octanol–water partition coefficient (Wildman–Crippen LogP) is 3.10. The lowest BCUT2D eigenvalue weighted by Crippen LogP contribution is -2.09. The number of aromatic carboxylic acids is 1. The fourth-order valence-corrected chi connectivity index (χ4v) is 2.11. The van der Waals surface area contributed by atoms with Crippen LogP contribution in [0.4, 0.5) is 5.82 Å². The van der Waals surface area contributed by atoms with Crippen LogP contribution < -0.4 is 10.1 Å². The van der Waals surface area contributed by atoms with E-state index >= 15 is 0 Å². The van der Waals surface area contributed by atoms with Gasteiger partial charge in [0, 0.05) is 12.7 Å². The molecular weight excluding hydrogens is 292 g/mol. The standard InChI is InChI=1S/C15H15ClN2O3/c1-21-11-4-2-10(3-5-11)6-8-17-14-13(16)12(15(19)20)7-9-18-14/h2-5,7,9H,6,8H2,1H3,(H,17,18)(H,19,20). The first-order chi connectivity index (χ1) is 10.1. The maximum atomic E-state index is 11.0. The lowest BCUT2D eigenvalue weighted by atomic mass is 10.1. The SMILES string of the molecule is COc1ccc(CCNc2nccc(C(=O)O)c2Cl)cc1. The third-order valence-corrected chi connectivity index (χ3v) is 3.37. The second-order valence-corrected chi connectivity index (χ2v) is 4.73. The zero-order valence-corrected chi connectivity index (χ0v) is 12.2. The van der Waals surface area contributed by atoms with Crippen LogP contribution in [0.2, 0.25) is 5.02 Å². The van der Waals surface area contributed by atoms with Crippen LogP contribution in [0, 0.1) is 0 Å². The van der Waals surface area contributed by atoms with Gasteiger partial charge >= 0.3 is 5.97 Å². The van der Waals surface area contributed by atoms with Gasteiger partial charge in [-0.15, -0.1) is 0 Å². The molecule has 6 heteroatoms. The molecule has 1 aromatic heterocycles. The van der Waals surface area contributed by atoms with Crippen molar-refractivity contribution in [3.05, 3.63) is 52.7 Å². The van der Waals surface area contributed by atoms with Crippen molar-refractivity contribution in [2.75, 3.05) is 19.0 Å². The number of carbonyl (C=O) groups is 1. The van der Waals surface area contributed by atoms with E-state index in [1.165, 1.54) is 12.3 Å². The van der Waals surface area contributed by atoms with E-state index in [1.807, 2.05) is 24.3 Å². The van der Waals surface area contributed by atoms with Gasteiger partial charge in [0.05, 0.1) is 17.7 Å². The highest BCUT2D eigenvalue weighted by Crippen LogP contribution is 2.23. The van der Waals surface area contributed by atoms with Crippen molar-refractivity contribution in [3.63, 3.8) is 0 Å². The van der Waals surface area contributed by atoms with Gasteiger partial charge in [-0.3, -0.25) is 0 Å². The molecule has 0 aliphatic heterocycles. The Morgan fingerprint density at radius 1 is 1.33 bits per heavy atom. The third kappa shape index (κ3) is 3.86. The summed E-state index contributed by atoms with van der Waals surface area (Å²) in [6.45, 7) is 0.599. The van der Waals surface area contributed by atoms with Gasteiger partial charge in [0.1, 0.15) is 11.6 Å². The van der Waals surface area contributed by atoms with E-state index in [9.17, 15) is 4.79 Å². The van der Waals surface area contributed by atoms with Crippen LogP contribution in [-0.2, 0) is 6.42 Å². The van der Waals surface area contributed by atoms with E-state index in [-0.39, 0.29) is 10.6 Å². The second kappa shape index (κ2) is 6.95. The molecule has 0 fully saturated rings. The first-order valence-corrected chi connectivity index (χ1v) is 6.74. The number of aromatic nitrogens is 1. The maximum Gasteiger partial charge on any atom is 0.337 e. The number of nitrogens with one attached hydrogen (secondary N) is 1. The number of ether oxygens (including phenoxy) is 1. The Bertz CT molecular complexity index is 629. The van der Waals surface area contributed by atoms with Gasteiger partial charge in [0.2, 0.25) is 0 Å². The predicted molar refractivity (Wildman–Crippen MR) is 81.4 cm³/mol. The number of halogens is 1. The minimum absolute atomic E-state index is 0.0404. The molecule has 110 valence electrons. The smallest absolute Gasteiger partial charge is 0.337 e. The summed E-state index contributed by atoms with van der Waals surface area (Å²) in [6.07, 6.45) is 2.18. The normalized spacial score (nSPS) is 10.2. The number of nitrogens with zero attached hydrogens (tertiary/aromatic N) is 1. The molecule has 1 aromatic carbocycles. The zero-order valence-electron chi connectivity index (χ0n) is 11.5. The maximum absolute atomic E-state index is 11.0. The van der Waals surface area contributed by atoms with E-state index in [4.69, 9.17) is 21.4 Å². The molecule has 2 N–H and O–H groups in total. The Morgan fingerprint density at radius 2 is 2.05 bits per heavy atom. The highest BCUT2D eigenvalue weighted by atomic mass is 35.5. The molecule has 0 spiro atoms. The van der Waals surface area contributed by atoms with Gasteiger partial charge in [-0.1, -0.05) is 23.7 Å². The first kappa shape index (κ1) is 15.1. The average molecular weight is 307 g/mol. The van der Waals surface area contributed by atoms with E-state index < -0.39 is 5.97 Å². The zero-order chi connectivity index (χ0) is 15.2. The Hall–Kier alpha value is -2.27. The third-order valence-electron chi connectivity index (χ3n) is 2.98. The molecule has 0 atom stereocenters. The highest BCUT2D eigenvalue weighted by molar-refractivity contribution is 6.35.